The molecule has 0 spiro atoms. The van der Waals surface area contributed by atoms with E-state index >= 15 is 0 Å². The molecule has 2 aromatic rings. The molecule has 7 heteroatoms. The zero-order chi connectivity index (χ0) is 20.0. The average Bonchev–Trinajstić information content (AvgIpc) is 2.61. The van der Waals surface area contributed by atoms with Gasteiger partial charge in [-0.05, 0) is 71.7 Å². The van der Waals surface area contributed by atoms with Crippen molar-refractivity contribution in [1.29, 1.82) is 5.26 Å². The highest BCUT2D eigenvalue weighted by Crippen LogP contribution is 2.28. The van der Waals surface area contributed by atoms with Crippen molar-refractivity contribution in [3.05, 3.63) is 63.6 Å². The van der Waals surface area contributed by atoms with Crippen LogP contribution in [0, 0.1) is 11.3 Å². The molecule has 0 atom stereocenters. The number of aromatic carboxylic acids is 1. The number of nitrogens with zero attached hydrogens (tertiary/aromatic N) is 1. The zero-order valence-corrected chi connectivity index (χ0v) is 16.3. The fraction of sp³-hybridized carbons (Fsp3) is 0.150. The van der Waals surface area contributed by atoms with Gasteiger partial charge in [0.05, 0.1) is 16.1 Å². The molecule has 0 bridgehead atoms. The Labute approximate surface area is 165 Å². The summed E-state index contributed by atoms with van der Waals surface area (Å²) in [6, 6.07) is 12.9. The lowest BCUT2D eigenvalue weighted by molar-refractivity contribution is -0.112. The SMILES string of the molecule is CC(C)Oc1ccc(C=C(C#N)C(=O)Nc2cccc(C(=O)O)c2)cc1Br. The minimum atomic E-state index is -1.10. The molecule has 0 radical (unpaired) electrons. The summed E-state index contributed by atoms with van der Waals surface area (Å²) in [5.74, 6) is -1.06. The molecule has 0 aliphatic heterocycles. The van der Waals surface area contributed by atoms with Crippen molar-refractivity contribution >= 4 is 39.6 Å². The standard InChI is InChI=1S/C20H17BrN2O4/c1-12(2)27-18-7-6-13(9-17(18)21)8-15(11-22)19(24)23-16-5-3-4-14(10-16)20(25)26/h3-10,12H,1-2H3,(H,23,24)(H,25,26). The largest absolute Gasteiger partial charge is 0.490 e. The van der Waals surface area contributed by atoms with Crippen LogP contribution >= 0.6 is 15.9 Å². The maximum atomic E-state index is 12.3. The van der Waals surface area contributed by atoms with E-state index in [0.717, 1.165) is 0 Å². The number of amides is 1. The van der Waals surface area contributed by atoms with E-state index in [1.807, 2.05) is 19.9 Å². The molecule has 27 heavy (non-hydrogen) atoms. The number of nitriles is 1. The number of anilines is 1. The quantitative estimate of drug-likeness (QED) is 0.521. The summed E-state index contributed by atoms with van der Waals surface area (Å²) in [5, 5.41) is 20.8. The number of halogens is 1. The Hall–Kier alpha value is -3.11. The molecular weight excluding hydrogens is 412 g/mol. The zero-order valence-electron chi connectivity index (χ0n) is 14.7. The minimum absolute atomic E-state index is 0.0182. The molecule has 138 valence electrons. The molecule has 0 heterocycles. The van der Waals surface area contributed by atoms with Gasteiger partial charge in [-0.25, -0.2) is 4.79 Å². The van der Waals surface area contributed by atoms with Crippen molar-refractivity contribution in [2.45, 2.75) is 20.0 Å². The number of hydrogen-bond donors (Lipinski definition) is 2. The predicted molar refractivity (Wildman–Crippen MR) is 106 cm³/mol. The van der Waals surface area contributed by atoms with Gasteiger partial charge in [-0.1, -0.05) is 12.1 Å². The van der Waals surface area contributed by atoms with Crippen LogP contribution in [0.2, 0.25) is 0 Å². The van der Waals surface area contributed by atoms with E-state index in [1.54, 1.807) is 24.3 Å². The van der Waals surface area contributed by atoms with Crippen LogP contribution in [0.3, 0.4) is 0 Å². The summed E-state index contributed by atoms with van der Waals surface area (Å²) in [7, 11) is 0. The first-order valence-corrected chi connectivity index (χ1v) is 8.82. The molecule has 6 nitrogen and oxygen atoms in total. The summed E-state index contributed by atoms with van der Waals surface area (Å²) in [6.07, 6.45) is 1.46. The third-order valence-electron chi connectivity index (χ3n) is 3.36. The number of carboxylic acids is 1. The molecule has 0 aliphatic rings. The second-order valence-corrected chi connectivity index (χ2v) is 6.72. The van der Waals surface area contributed by atoms with Crippen molar-refractivity contribution in [3.8, 4) is 11.8 Å². The van der Waals surface area contributed by atoms with Gasteiger partial charge in [0.2, 0.25) is 0 Å². The third kappa shape index (κ3) is 5.69. The van der Waals surface area contributed by atoms with Gasteiger partial charge in [-0.2, -0.15) is 5.26 Å². The highest BCUT2D eigenvalue weighted by Gasteiger charge is 2.12. The second kappa shape index (κ2) is 9.01. The molecule has 0 saturated carbocycles. The number of hydrogen-bond acceptors (Lipinski definition) is 4. The molecule has 0 fully saturated rings. The van der Waals surface area contributed by atoms with Gasteiger partial charge in [0.15, 0.2) is 0 Å². The van der Waals surface area contributed by atoms with Gasteiger partial charge in [0.25, 0.3) is 5.91 Å². The average molecular weight is 429 g/mol. The smallest absolute Gasteiger partial charge is 0.335 e. The van der Waals surface area contributed by atoms with Crippen molar-refractivity contribution < 1.29 is 19.4 Å². The molecule has 0 aliphatic carbocycles. The van der Waals surface area contributed by atoms with Crippen LogP contribution in [0.15, 0.2) is 52.5 Å². The highest BCUT2D eigenvalue weighted by molar-refractivity contribution is 9.10. The minimum Gasteiger partial charge on any atom is -0.490 e. The van der Waals surface area contributed by atoms with Gasteiger partial charge >= 0.3 is 5.97 Å². The highest BCUT2D eigenvalue weighted by atomic mass is 79.9. The Morgan fingerprint density at radius 1 is 1.26 bits per heavy atom. The summed E-state index contributed by atoms with van der Waals surface area (Å²) < 4.78 is 6.33. The first-order chi connectivity index (χ1) is 12.8. The molecule has 2 N–H and O–H groups in total. The summed E-state index contributed by atoms with van der Waals surface area (Å²) >= 11 is 3.41. The van der Waals surface area contributed by atoms with E-state index in [9.17, 15) is 14.9 Å². The van der Waals surface area contributed by atoms with Crippen molar-refractivity contribution in [2.24, 2.45) is 0 Å². The number of carbonyl (C=O) groups excluding carboxylic acids is 1. The monoisotopic (exact) mass is 428 g/mol. The van der Waals surface area contributed by atoms with Crippen molar-refractivity contribution in [3.63, 3.8) is 0 Å². The first-order valence-electron chi connectivity index (χ1n) is 8.03. The lowest BCUT2D eigenvalue weighted by atomic mass is 10.1. The molecule has 2 rings (SSSR count). The van der Waals surface area contributed by atoms with E-state index in [2.05, 4.69) is 21.2 Å². The Kier molecular flexibility index (Phi) is 6.74. The van der Waals surface area contributed by atoms with Crippen molar-refractivity contribution in [2.75, 3.05) is 5.32 Å². The number of ether oxygens (including phenoxy) is 1. The van der Waals surface area contributed by atoms with Crippen LogP contribution in [0.1, 0.15) is 29.8 Å². The number of benzene rings is 2. The summed E-state index contributed by atoms with van der Waals surface area (Å²) in [5.41, 5.74) is 0.868. The van der Waals surface area contributed by atoms with E-state index in [4.69, 9.17) is 9.84 Å². The Morgan fingerprint density at radius 2 is 2.00 bits per heavy atom. The van der Waals surface area contributed by atoms with Crippen LogP contribution in [-0.4, -0.2) is 23.1 Å². The van der Waals surface area contributed by atoms with Crippen molar-refractivity contribution in [1.82, 2.24) is 0 Å². The molecular formula is C20H17BrN2O4. The number of carbonyl (C=O) groups is 2. The molecule has 0 aromatic heterocycles. The van der Waals surface area contributed by atoms with Crippen LogP contribution in [-0.2, 0) is 4.79 Å². The fourth-order valence-corrected chi connectivity index (χ4v) is 2.69. The molecule has 0 saturated heterocycles. The Morgan fingerprint density at radius 3 is 2.59 bits per heavy atom. The normalized spacial score (nSPS) is 11.0. The number of rotatable bonds is 6. The van der Waals surface area contributed by atoms with E-state index in [-0.39, 0.29) is 17.2 Å². The molecule has 0 unspecified atom stereocenters. The maximum Gasteiger partial charge on any atom is 0.335 e. The van der Waals surface area contributed by atoms with Gasteiger partial charge in [0.1, 0.15) is 17.4 Å². The van der Waals surface area contributed by atoms with Gasteiger partial charge in [-0.3, -0.25) is 4.79 Å². The topological polar surface area (TPSA) is 99.4 Å². The lowest BCUT2D eigenvalue weighted by Gasteiger charge is -2.11. The molecule has 1 amide bonds. The second-order valence-electron chi connectivity index (χ2n) is 5.87. The van der Waals surface area contributed by atoms with E-state index in [1.165, 1.54) is 24.3 Å². The van der Waals surface area contributed by atoms with Crippen LogP contribution in [0.5, 0.6) is 5.75 Å². The summed E-state index contributed by atoms with van der Waals surface area (Å²) in [6.45, 7) is 3.83. The van der Waals surface area contributed by atoms with E-state index in [0.29, 0.717) is 21.5 Å². The van der Waals surface area contributed by atoms with Gasteiger partial charge in [0, 0.05) is 5.69 Å². The van der Waals surface area contributed by atoms with Crippen LogP contribution < -0.4 is 10.1 Å². The number of nitrogens with one attached hydrogen (secondary N) is 1. The Bertz CT molecular complexity index is 945. The molecule has 2 aromatic carbocycles. The fourth-order valence-electron chi connectivity index (χ4n) is 2.20. The Balaban J connectivity index is 2.21. The van der Waals surface area contributed by atoms with Crippen LogP contribution in [0.4, 0.5) is 5.69 Å². The van der Waals surface area contributed by atoms with Crippen LogP contribution in [0.25, 0.3) is 6.08 Å². The van der Waals surface area contributed by atoms with E-state index < -0.39 is 11.9 Å². The van der Waals surface area contributed by atoms with Gasteiger partial charge in [-0.15, -0.1) is 0 Å². The van der Waals surface area contributed by atoms with Gasteiger partial charge < -0.3 is 15.2 Å². The maximum absolute atomic E-state index is 12.3. The third-order valence-corrected chi connectivity index (χ3v) is 3.98. The predicted octanol–water partition coefficient (Wildman–Crippen LogP) is 4.48. The first kappa shape index (κ1) is 20.2. The summed E-state index contributed by atoms with van der Waals surface area (Å²) in [4.78, 5) is 23.3. The number of carboxylic acid groups (broad SMARTS) is 1. The lowest BCUT2D eigenvalue weighted by Crippen LogP contribution is -2.14.